The minimum Gasteiger partial charge on any atom is -0.508 e. The van der Waals surface area contributed by atoms with Gasteiger partial charge in [0.15, 0.2) is 0 Å². The second-order valence-corrected chi connectivity index (χ2v) is 6.28. The predicted molar refractivity (Wildman–Crippen MR) is 77.4 cm³/mol. The van der Waals surface area contributed by atoms with Gasteiger partial charge in [0, 0.05) is 0 Å². The third-order valence-corrected chi connectivity index (χ3v) is 4.24. The van der Waals surface area contributed by atoms with Crippen LogP contribution in [0.4, 0.5) is 0 Å². The van der Waals surface area contributed by atoms with Crippen molar-refractivity contribution in [1.82, 2.24) is 0 Å². The number of rotatable bonds is 5. The normalized spacial score (nSPS) is 13.0. The fourth-order valence-corrected chi connectivity index (χ4v) is 2.67. The molecule has 1 atom stereocenters. The number of phenolic OH excluding ortho intramolecular Hbond substituents is 1. The molecule has 0 bridgehead atoms. The highest BCUT2D eigenvalue weighted by Crippen LogP contribution is 2.20. The quantitative estimate of drug-likeness (QED) is 0.827. The lowest BCUT2D eigenvalue weighted by atomic mass is 10.1. The summed E-state index contributed by atoms with van der Waals surface area (Å²) in [7, 11) is -3.91. The van der Waals surface area contributed by atoms with Gasteiger partial charge >= 0.3 is 0 Å². The molecule has 0 aliphatic heterocycles. The van der Waals surface area contributed by atoms with Gasteiger partial charge in [0.05, 0.1) is 11.5 Å². The zero-order valence-corrected chi connectivity index (χ0v) is 12.2. The minimum atomic E-state index is -3.91. The molecule has 1 unspecified atom stereocenters. The van der Waals surface area contributed by atoms with E-state index >= 15 is 0 Å². The largest absolute Gasteiger partial charge is 0.508 e. The molecule has 5 nitrogen and oxygen atoms in total. The van der Waals surface area contributed by atoms with Gasteiger partial charge < -0.3 is 10.2 Å². The van der Waals surface area contributed by atoms with Crippen LogP contribution >= 0.6 is 0 Å². The molecule has 21 heavy (non-hydrogen) atoms. The van der Waals surface area contributed by atoms with E-state index in [1.54, 1.807) is 24.3 Å². The van der Waals surface area contributed by atoms with Crippen LogP contribution in [0.3, 0.4) is 0 Å². The number of aromatic hydroxyl groups is 1. The van der Waals surface area contributed by atoms with E-state index in [2.05, 4.69) is 0 Å². The Balaban J connectivity index is 2.06. The van der Waals surface area contributed by atoms with Gasteiger partial charge in [-0.25, -0.2) is 0 Å². The number of aryl methyl sites for hydroxylation is 1. The van der Waals surface area contributed by atoms with Crippen LogP contribution in [0.1, 0.15) is 17.2 Å². The van der Waals surface area contributed by atoms with Crippen LogP contribution in [0.2, 0.25) is 0 Å². The molecule has 112 valence electrons. The van der Waals surface area contributed by atoms with Crippen LogP contribution < -0.4 is 0 Å². The molecular formula is C15H16O5S. The second-order valence-electron chi connectivity index (χ2n) is 4.66. The van der Waals surface area contributed by atoms with Crippen LogP contribution in [-0.4, -0.2) is 25.2 Å². The van der Waals surface area contributed by atoms with Crippen molar-refractivity contribution in [2.75, 3.05) is 6.61 Å². The lowest BCUT2D eigenvalue weighted by molar-refractivity contribution is 0.111. The smallest absolute Gasteiger partial charge is 0.297 e. The first kappa shape index (κ1) is 15.5. The predicted octanol–water partition coefficient (Wildman–Crippen LogP) is 2.14. The molecule has 0 spiro atoms. The number of aliphatic hydroxyl groups excluding tert-OH is 1. The molecule has 2 N–H and O–H groups in total. The standard InChI is InChI=1S/C15H16O5S/c1-11-5-7-14(8-6-11)21(18,19)20-10-15(17)12-3-2-4-13(16)9-12/h2-9,15-17H,10H2,1H3. The maximum Gasteiger partial charge on any atom is 0.297 e. The molecular weight excluding hydrogens is 292 g/mol. The van der Waals surface area contributed by atoms with Crippen molar-refractivity contribution in [2.24, 2.45) is 0 Å². The maximum absolute atomic E-state index is 12.0. The fourth-order valence-electron chi connectivity index (χ4n) is 1.76. The van der Waals surface area contributed by atoms with Crippen LogP contribution in [0.5, 0.6) is 5.75 Å². The monoisotopic (exact) mass is 308 g/mol. The van der Waals surface area contributed by atoms with Crippen molar-refractivity contribution in [1.29, 1.82) is 0 Å². The molecule has 0 aliphatic carbocycles. The third kappa shape index (κ3) is 4.04. The summed E-state index contributed by atoms with van der Waals surface area (Å²) in [5.41, 5.74) is 1.32. The van der Waals surface area contributed by atoms with Gasteiger partial charge in [-0.2, -0.15) is 8.42 Å². The van der Waals surface area contributed by atoms with Gasteiger partial charge in [-0.05, 0) is 36.8 Å². The number of hydrogen-bond acceptors (Lipinski definition) is 5. The van der Waals surface area contributed by atoms with E-state index in [1.165, 1.54) is 24.3 Å². The summed E-state index contributed by atoms with van der Waals surface area (Å²) >= 11 is 0. The van der Waals surface area contributed by atoms with Gasteiger partial charge in [-0.3, -0.25) is 4.18 Å². The van der Waals surface area contributed by atoms with E-state index in [0.29, 0.717) is 5.56 Å². The molecule has 0 amide bonds. The molecule has 0 saturated carbocycles. The Labute approximate surface area is 123 Å². The summed E-state index contributed by atoms with van der Waals surface area (Å²) in [6, 6.07) is 12.2. The number of phenols is 1. The van der Waals surface area contributed by atoms with Crippen molar-refractivity contribution >= 4 is 10.1 Å². The molecule has 2 aromatic rings. The molecule has 0 saturated heterocycles. The summed E-state index contributed by atoms with van der Waals surface area (Å²) < 4.78 is 28.8. The average molecular weight is 308 g/mol. The van der Waals surface area contributed by atoms with Crippen molar-refractivity contribution in [3.8, 4) is 5.75 Å². The zero-order valence-electron chi connectivity index (χ0n) is 11.4. The highest BCUT2D eigenvalue weighted by atomic mass is 32.2. The third-order valence-electron chi connectivity index (χ3n) is 2.95. The Kier molecular flexibility index (Phi) is 4.62. The zero-order chi connectivity index (χ0) is 15.5. The van der Waals surface area contributed by atoms with Gasteiger partial charge in [-0.1, -0.05) is 29.8 Å². The SMILES string of the molecule is Cc1ccc(S(=O)(=O)OCC(O)c2cccc(O)c2)cc1. The van der Waals surface area contributed by atoms with Crippen LogP contribution in [-0.2, 0) is 14.3 Å². The van der Waals surface area contributed by atoms with Gasteiger partial charge in [-0.15, -0.1) is 0 Å². The molecule has 6 heteroatoms. The van der Waals surface area contributed by atoms with E-state index in [-0.39, 0.29) is 10.6 Å². The number of hydrogen-bond donors (Lipinski definition) is 2. The number of aliphatic hydroxyl groups is 1. The van der Waals surface area contributed by atoms with E-state index in [0.717, 1.165) is 5.56 Å². The summed E-state index contributed by atoms with van der Waals surface area (Å²) in [6.07, 6.45) is -1.14. The molecule has 0 aromatic heterocycles. The molecule has 2 aromatic carbocycles. The molecule has 0 aliphatic rings. The number of benzene rings is 2. The van der Waals surface area contributed by atoms with Crippen LogP contribution in [0, 0.1) is 6.92 Å². The van der Waals surface area contributed by atoms with Crippen LogP contribution in [0.15, 0.2) is 53.4 Å². The minimum absolute atomic E-state index is 0.00654. The maximum atomic E-state index is 12.0. The Morgan fingerprint density at radius 3 is 2.43 bits per heavy atom. The Morgan fingerprint density at radius 1 is 1.14 bits per heavy atom. The Morgan fingerprint density at radius 2 is 1.81 bits per heavy atom. The van der Waals surface area contributed by atoms with E-state index in [9.17, 15) is 18.6 Å². The molecule has 2 rings (SSSR count). The highest BCUT2D eigenvalue weighted by Gasteiger charge is 2.18. The molecule has 0 heterocycles. The lowest BCUT2D eigenvalue weighted by Crippen LogP contribution is -2.13. The average Bonchev–Trinajstić information content (AvgIpc) is 2.45. The first-order valence-electron chi connectivity index (χ1n) is 6.31. The van der Waals surface area contributed by atoms with E-state index < -0.39 is 22.8 Å². The van der Waals surface area contributed by atoms with Crippen molar-refractivity contribution in [2.45, 2.75) is 17.9 Å². The van der Waals surface area contributed by atoms with Crippen molar-refractivity contribution in [3.05, 3.63) is 59.7 Å². The van der Waals surface area contributed by atoms with E-state index in [4.69, 9.17) is 4.18 Å². The second kappa shape index (κ2) is 6.26. The lowest BCUT2D eigenvalue weighted by Gasteiger charge is -2.12. The fraction of sp³-hybridized carbons (Fsp3) is 0.200. The van der Waals surface area contributed by atoms with Gasteiger partial charge in [0.1, 0.15) is 11.9 Å². The summed E-state index contributed by atoms with van der Waals surface area (Å²) in [5, 5.41) is 19.2. The topological polar surface area (TPSA) is 83.8 Å². The van der Waals surface area contributed by atoms with Crippen LogP contribution in [0.25, 0.3) is 0 Å². The highest BCUT2D eigenvalue weighted by molar-refractivity contribution is 7.86. The Hall–Kier alpha value is -1.89. The first-order chi connectivity index (χ1) is 9.88. The van der Waals surface area contributed by atoms with Crippen molar-refractivity contribution in [3.63, 3.8) is 0 Å². The Bertz CT molecular complexity index is 707. The van der Waals surface area contributed by atoms with Gasteiger partial charge in [0.25, 0.3) is 10.1 Å². The summed E-state index contributed by atoms with van der Waals surface area (Å²) in [6.45, 7) is 1.43. The molecule has 0 fully saturated rings. The van der Waals surface area contributed by atoms with Crippen molar-refractivity contribution < 1.29 is 22.8 Å². The molecule has 0 radical (unpaired) electrons. The van der Waals surface area contributed by atoms with Gasteiger partial charge in [0.2, 0.25) is 0 Å². The summed E-state index contributed by atoms with van der Waals surface area (Å²) in [4.78, 5) is 0.0382. The summed E-state index contributed by atoms with van der Waals surface area (Å²) in [5.74, 6) is -0.00654. The first-order valence-corrected chi connectivity index (χ1v) is 7.72. The van der Waals surface area contributed by atoms with E-state index in [1.807, 2.05) is 6.92 Å².